The molecule has 0 atom stereocenters. The number of halogens is 1. The lowest BCUT2D eigenvalue weighted by molar-refractivity contribution is 0.0734. The molecule has 0 bridgehead atoms. The maximum Gasteiger partial charge on any atom is 0.343 e. The summed E-state index contributed by atoms with van der Waals surface area (Å²) >= 11 is 0. The van der Waals surface area contributed by atoms with Gasteiger partial charge in [0.25, 0.3) is 0 Å². The van der Waals surface area contributed by atoms with Gasteiger partial charge < -0.3 is 9.84 Å². The van der Waals surface area contributed by atoms with E-state index in [1.165, 1.54) is 24.3 Å². The third-order valence-corrected chi connectivity index (χ3v) is 3.86. The zero-order valence-corrected chi connectivity index (χ0v) is 14.8. The van der Waals surface area contributed by atoms with Crippen LogP contribution >= 0.6 is 0 Å². The Morgan fingerprint density at radius 1 is 0.926 bits per heavy atom. The van der Waals surface area contributed by atoms with E-state index in [0.717, 1.165) is 0 Å². The standard InChI is InChI=1S/C21H17FN2O3/c1-13-10-18(11-14(2)20(13)25)24-23-17-5-3-4-15(12-17)21(26)27-19-8-6-16(22)7-9-19/h3-12,25H,1-2H3/b24-23+. The molecule has 0 aromatic heterocycles. The van der Waals surface area contributed by atoms with E-state index in [0.29, 0.717) is 28.1 Å². The second-order valence-electron chi connectivity index (χ2n) is 6.02. The van der Waals surface area contributed by atoms with Crippen LogP contribution in [-0.4, -0.2) is 11.1 Å². The topological polar surface area (TPSA) is 71.2 Å². The second-order valence-corrected chi connectivity index (χ2v) is 6.02. The van der Waals surface area contributed by atoms with Gasteiger partial charge in [0.05, 0.1) is 16.9 Å². The number of esters is 1. The predicted molar refractivity (Wildman–Crippen MR) is 99.6 cm³/mol. The van der Waals surface area contributed by atoms with Gasteiger partial charge >= 0.3 is 5.97 Å². The number of phenolic OH excluding ortho intramolecular Hbond substituents is 1. The van der Waals surface area contributed by atoms with E-state index >= 15 is 0 Å². The summed E-state index contributed by atoms with van der Waals surface area (Å²) in [4.78, 5) is 12.2. The van der Waals surface area contributed by atoms with Crippen molar-refractivity contribution in [3.63, 3.8) is 0 Å². The minimum atomic E-state index is -0.574. The van der Waals surface area contributed by atoms with Gasteiger partial charge in [0.1, 0.15) is 17.3 Å². The van der Waals surface area contributed by atoms with Crippen molar-refractivity contribution in [2.24, 2.45) is 10.2 Å². The number of rotatable bonds is 4. The molecule has 0 amide bonds. The van der Waals surface area contributed by atoms with Crippen molar-refractivity contribution in [1.29, 1.82) is 0 Å². The van der Waals surface area contributed by atoms with Crippen molar-refractivity contribution in [3.05, 3.63) is 83.2 Å². The molecule has 6 heteroatoms. The van der Waals surface area contributed by atoms with E-state index in [-0.39, 0.29) is 11.5 Å². The molecule has 5 nitrogen and oxygen atoms in total. The van der Waals surface area contributed by atoms with Crippen LogP contribution in [0.1, 0.15) is 21.5 Å². The van der Waals surface area contributed by atoms with Gasteiger partial charge in [-0.25, -0.2) is 9.18 Å². The molecule has 1 N–H and O–H groups in total. The van der Waals surface area contributed by atoms with Crippen molar-refractivity contribution >= 4 is 17.3 Å². The van der Waals surface area contributed by atoms with Crippen LogP contribution in [0.3, 0.4) is 0 Å². The number of azo groups is 1. The molecule has 0 aliphatic carbocycles. The van der Waals surface area contributed by atoms with Gasteiger partial charge in [-0.3, -0.25) is 0 Å². The lowest BCUT2D eigenvalue weighted by Gasteiger charge is -2.05. The van der Waals surface area contributed by atoms with Crippen molar-refractivity contribution < 1.29 is 19.0 Å². The van der Waals surface area contributed by atoms with E-state index in [2.05, 4.69) is 10.2 Å². The minimum absolute atomic E-state index is 0.236. The Morgan fingerprint density at radius 2 is 1.56 bits per heavy atom. The molecule has 27 heavy (non-hydrogen) atoms. The Kier molecular flexibility index (Phi) is 5.26. The first kappa shape index (κ1) is 18.3. The monoisotopic (exact) mass is 364 g/mol. The maximum absolute atomic E-state index is 12.9. The zero-order chi connectivity index (χ0) is 19.4. The summed E-state index contributed by atoms with van der Waals surface area (Å²) in [5.74, 6) is -0.491. The Balaban J connectivity index is 1.77. The first-order valence-electron chi connectivity index (χ1n) is 8.22. The summed E-state index contributed by atoms with van der Waals surface area (Å²) in [6.07, 6.45) is 0. The molecule has 0 heterocycles. The first-order valence-corrected chi connectivity index (χ1v) is 8.22. The molecule has 0 saturated heterocycles. The highest BCUT2D eigenvalue weighted by Crippen LogP contribution is 2.28. The number of phenols is 1. The quantitative estimate of drug-likeness (QED) is 0.362. The highest BCUT2D eigenvalue weighted by Gasteiger charge is 2.09. The smallest absolute Gasteiger partial charge is 0.343 e. The molecule has 0 radical (unpaired) electrons. The fraction of sp³-hybridized carbons (Fsp3) is 0.0952. The Labute approximate surface area is 155 Å². The molecule has 3 aromatic rings. The van der Waals surface area contributed by atoms with Gasteiger partial charge in [0.15, 0.2) is 0 Å². The van der Waals surface area contributed by atoms with Gasteiger partial charge in [-0.2, -0.15) is 10.2 Å². The number of carbonyl (C=O) groups is 1. The van der Waals surface area contributed by atoms with Crippen LogP contribution in [0.2, 0.25) is 0 Å². The molecule has 0 saturated carbocycles. The fourth-order valence-corrected chi connectivity index (χ4v) is 2.47. The number of carbonyl (C=O) groups excluding carboxylic acids is 1. The largest absolute Gasteiger partial charge is 0.507 e. The van der Waals surface area contributed by atoms with Crippen molar-refractivity contribution in [2.75, 3.05) is 0 Å². The predicted octanol–water partition coefficient (Wildman–Crippen LogP) is 5.78. The molecular formula is C21H17FN2O3. The Morgan fingerprint density at radius 3 is 2.22 bits per heavy atom. The average Bonchev–Trinajstić information content (AvgIpc) is 2.66. The molecule has 136 valence electrons. The highest BCUT2D eigenvalue weighted by molar-refractivity contribution is 5.91. The zero-order valence-electron chi connectivity index (χ0n) is 14.8. The normalized spacial score (nSPS) is 10.9. The van der Waals surface area contributed by atoms with Crippen LogP contribution < -0.4 is 4.74 Å². The second kappa shape index (κ2) is 7.78. The summed E-state index contributed by atoms with van der Waals surface area (Å²) in [5, 5.41) is 18.1. The maximum atomic E-state index is 12.9. The van der Waals surface area contributed by atoms with Crippen molar-refractivity contribution in [1.82, 2.24) is 0 Å². The fourth-order valence-electron chi connectivity index (χ4n) is 2.47. The van der Waals surface area contributed by atoms with Crippen LogP contribution in [0, 0.1) is 19.7 Å². The van der Waals surface area contributed by atoms with Gasteiger partial charge in [-0.05, 0) is 79.6 Å². The van der Waals surface area contributed by atoms with E-state index in [1.54, 1.807) is 50.2 Å². The summed E-state index contributed by atoms with van der Waals surface area (Å²) in [6.45, 7) is 3.57. The van der Waals surface area contributed by atoms with Crippen LogP contribution in [0.5, 0.6) is 11.5 Å². The molecule has 0 spiro atoms. The van der Waals surface area contributed by atoms with Gasteiger partial charge in [0, 0.05) is 0 Å². The number of aromatic hydroxyl groups is 1. The molecule has 0 fully saturated rings. The molecule has 0 aliphatic heterocycles. The summed E-state index contributed by atoms with van der Waals surface area (Å²) in [7, 11) is 0. The van der Waals surface area contributed by atoms with Crippen LogP contribution in [0.15, 0.2) is 70.9 Å². The van der Waals surface area contributed by atoms with E-state index in [4.69, 9.17) is 4.74 Å². The van der Waals surface area contributed by atoms with Crippen molar-refractivity contribution in [3.8, 4) is 11.5 Å². The van der Waals surface area contributed by atoms with Crippen LogP contribution in [0.25, 0.3) is 0 Å². The lowest BCUT2D eigenvalue weighted by Crippen LogP contribution is -2.08. The third kappa shape index (κ3) is 4.55. The summed E-state index contributed by atoms with van der Waals surface area (Å²) in [5.41, 5.74) is 2.80. The molecule has 0 unspecified atom stereocenters. The number of ether oxygens (including phenoxy) is 1. The van der Waals surface area contributed by atoms with E-state index in [9.17, 15) is 14.3 Å². The van der Waals surface area contributed by atoms with E-state index in [1.807, 2.05) is 0 Å². The Bertz CT molecular complexity index is 991. The lowest BCUT2D eigenvalue weighted by atomic mass is 10.1. The highest BCUT2D eigenvalue weighted by atomic mass is 19.1. The Hall–Kier alpha value is -3.54. The van der Waals surface area contributed by atoms with Gasteiger partial charge in [-0.15, -0.1) is 0 Å². The number of nitrogens with zero attached hydrogens (tertiary/aromatic N) is 2. The van der Waals surface area contributed by atoms with Gasteiger partial charge in [-0.1, -0.05) is 6.07 Å². The van der Waals surface area contributed by atoms with Gasteiger partial charge in [0.2, 0.25) is 0 Å². The molecular weight excluding hydrogens is 347 g/mol. The van der Waals surface area contributed by atoms with E-state index < -0.39 is 11.8 Å². The minimum Gasteiger partial charge on any atom is -0.507 e. The molecule has 0 aliphatic rings. The molecule has 3 rings (SSSR count). The summed E-state index contributed by atoms with van der Waals surface area (Å²) < 4.78 is 18.1. The number of aryl methyl sites for hydroxylation is 2. The first-order chi connectivity index (χ1) is 12.9. The SMILES string of the molecule is Cc1cc(/N=N/c2cccc(C(=O)Oc3ccc(F)cc3)c2)cc(C)c1O. The number of hydrogen-bond donors (Lipinski definition) is 1. The average molecular weight is 364 g/mol. The van der Waals surface area contributed by atoms with Crippen LogP contribution in [0.4, 0.5) is 15.8 Å². The van der Waals surface area contributed by atoms with Crippen LogP contribution in [-0.2, 0) is 0 Å². The van der Waals surface area contributed by atoms with Crippen molar-refractivity contribution in [2.45, 2.75) is 13.8 Å². The number of benzene rings is 3. The molecule has 3 aromatic carbocycles. The third-order valence-electron chi connectivity index (χ3n) is 3.86. The number of hydrogen-bond acceptors (Lipinski definition) is 5. The summed E-state index contributed by atoms with van der Waals surface area (Å²) in [6, 6.07) is 15.2.